The summed E-state index contributed by atoms with van der Waals surface area (Å²) in [4.78, 5) is 24.9. The Balaban J connectivity index is 1.34. The van der Waals surface area contributed by atoms with Gasteiger partial charge in [0.25, 0.3) is 5.91 Å². The van der Waals surface area contributed by atoms with Crippen LogP contribution < -0.4 is 19.6 Å². The highest BCUT2D eigenvalue weighted by Gasteiger charge is 2.13. The van der Waals surface area contributed by atoms with Crippen LogP contribution in [0.15, 0.2) is 102 Å². The maximum absolute atomic E-state index is 12.5. The van der Waals surface area contributed by atoms with Crippen molar-refractivity contribution in [2.45, 2.75) is 13.5 Å². The molecule has 4 aromatic carbocycles. The lowest BCUT2D eigenvalue weighted by atomic mass is 10.2. The van der Waals surface area contributed by atoms with Crippen molar-refractivity contribution in [1.29, 1.82) is 0 Å². The number of carbonyl (C=O) groups excluding carboxylic acids is 2. The second kappa shape index (κ2) is 13.1. The molecule has 0 aliphatic rings. The zero-order valence-corrected chi connectivity index (χ0v) is 21.4. The summed E-state index contributed by atoms with van der Waals surface area (Å²) in [6.45, 7) is 2.64. The van der Waals surface area contributed by atoms with Crippen molar-refractivity contribution < 1.29 is 23.8 Å². The molecule has 0 aromatic heterocycles. The molecule has 1 amide bonds. The number of ether oxygens (including phenoxy) is 3. The highest BCUT2D eigenvalue weighted by atomic mass is 35.5. The number of hydrogen-bond donors (Lipinski definition) is 1. The molecule has 4 rings (SSSR count). The van der Waals surface area contributed by atoms with Gasteiger partial charge in [-0.25, -0.2) is 10.2 Å². The van der Waals surface area contributed by atoms with E-state index in [0.717, 1.165) is 5.56 Å². The molecule has 8 heteroatoms. The molecule has 0 saturated carbocycles. The smallest absolute Gasteiger partial charge is 0.343 e. The van der Waals surface area contributed by atoms with Crippen molar-refractivity contribution in [3.63, 3.8) is 0 Å². The third-order valence-electron chi connectivity index (χ3n) is 5.29. The minimum Gasteiger partial charge on any atom is -0.490 e. The van der Waals surface area contributed by atoms with Crippen LogP contribution in [0.5, 0.6) is 17.2 Å². The molecule has 0 heterocycles. The van der Waals surface area contributed by atoms with E-state index < -0.39 is 5.97 Å². The second-order valence-corrected chi connectivity index (χ2v) is 8.47. The molecule has 1 N–H and O–H groups in total. The Hall–Kier alpha value is -4.62. The molecule has 0 radical (unpaired) electrons. The molecule has 38 heavy (non-hydrogen) atoms. The fourth-order valence-electron chi connectivity index (χ4n) is 3.38. The number of carbonyl (C=O) groups is 2. The fraction of sp³-hybridized carbons (Fsp3) is 0.100. The van der Waals surface area contributed by atoms with Crippen molar-refractivity contribution in [3.05, 3.63) is 124 Å². The van der Waals surface area contributed by atoms with E-state index in [1.54, 1.807) is 66.7 Å². The van der Waals surface area contributed by atoms with Gasteiger partial charge in [0.2, 0.25) is 0 Å². The van der Waals surface area contributed by atoms with Gasteiger partial charge in [-0.3, -0.25) is 4.79 Å². The van der Waals surface area contributed by atoms with Crippen molar-refractivity contribution in [2.24, 2.45) is 5.10 Å². The minimum absolute atomic E-state index is 0.266. The molecule has 0 bridgehead atoms. The first-order chi connectivity index (χ1) is 18.5. The molecular weight excluding hydrogens is 504 g/mol. The van der Waals surface area contributed by atoms with E-state index in [9.17, 15) is 9.59 Å². The van der Waals surface area contributed by atoms with Gasteiger partial charge in [-0.1, -0.05) is 41.9 Å². The summed E-state index contributed by atoms with van der Waals surface area (Å²) in [5.74, 6) is 0.398. The number of rotatable bonds is 10. The van der Waals surface area contributed by atoms with Gasteiger partial charge in [0.05, 0.1) is 18.4 Å². The second-order valence-electron chi connectivity index (χ2n) is 8.03. The van der Waals surface area contributed by atoms with Gasteiger partial charge in [0.15, 0.2) is 11.5 Å². The lowest BCUT2D eigenvalue weighted by molar-refractivity contribution is 0.0728. The van der Waals surface area contributed by atoms with Gasteiger partial charge in [-0.2, -0.15) is 5.10 Å². The number of halogens is 1. The lowest BCUT2D eigenvalue weighted by Crippen LogP contribution is -2.17. The summed E-state index contributed by atoms with van der Waals surface area (Å²) < 4.78 is 16.9. The van der Waals surface area contributed by atoms with E-state index in [0.29, 0.717) is 46.4 Å². The topological polar surface area (TPSA) is 86.2 Å². The summed E-state index contributed by atoms with van der Waals surface area (Å²) >= 11 is 5.88. The summed E-state index contributed by atoms with van der Waals surface area (Å²) in [6, 6.07) is 28.0. The first-order valence-corrected chi connectivity index (χ1v) is 12.2. The van der Waals surface area contributed by atoms with Crippen LogP contribution in [0.4, 0.5) is 0 Å². The largest absolute Gasteiger partial charge is 0.490 e. The number of benzene rings is 4. The quantitative estimate of drug-likeness (QED) is 0.113. The normalized spacial score (nSPS) is 10.7. The lowest BCUT2D eigenvalue weighted by Gasteiger charge is -2.11. The van der Waals surface area contributed by atoms with Crippen LogP contribution in [0, 0.1) is 0 Å². The maximum Gasteiger partial charge on any atom is 0.343 e. The Kier molecular flexibility index (Phi) is 9.10. The number of amides is 1. The van der Waals surface area contributed by atoms with Crippen LogP contribution in [-0.4, -0.2) is 24.7 Å². The third kappa shape index (κ3) is 7.44. The molecule has 0 aliphatic heterocycles. The Morgan fingerprint density at radius 2 is 1.55 bits per heavy atom. The van der Waals surface area contributed by atoms with E-state index in [2.05, 4.69) is 10.5 Å². The van der Waals surface area contributed by atoms with Crippen molar-refractivity contribution in [3.8, 4) is 17.2 Å². The Labute approximate surface area is 225 Å². The highest BCUT2D eigenvalue weighted by molar-refractivity contribution is 6.30. The van der Waals surface area contributed by atoms with E-state index >= 15 is 0 Å². The number of nitrogens with one attached hydrogen (secondary N) is 1. The Morgan fingerprint density at radius 1 is 0.842 bits per heavy atom. The van der Waals surface area contributed by atoms with Crippen LogP contribution >= 0.6 is 11.6 Å². The molecule has 192 valence electrons. The van der Waals surface area contributed by atoms with E-state index in [1.165, 1.54) is 6.21 Å². The van der Waals surface area contributed by atoms with Crippen LogP contribution in [0.1, 0.15) is 38.8 Å². The molecule has 0 unspecified atom stereocenters. The predicted molar refractivity (Wildman–Crippen MR) is 146 cm³/mol. The Bertz CT molecular complexity index is 1410. The van der Waals surface area contributed by atoms with Gasteiger partial charge < -0.3 is 14.2 Å². The SMILES string of the molecule is CCOc1cc(/C=N/NC(=O)c2ccc(OCc3ccccc3)cc2)ccc1OC(=O)c1ccc(Cl)cc1. The third-order valence-corrected chi connectivity index (χ3v) is 5.55. The fourth-order valence-corrected chi connectivity index (χ4v) is 3.50. The summed E-state index contributed by atoms with van der Waals surface area (Å²) in [6.07, 6.45) is 1.47. The van der Waals surface area contributed by atoms with Gasteiger partial charge in [0, 0.05) is 10.6 Å². The zero-order chi connectivity index (χ0) is 26.7. The number of hydrogen-bond acceptors (Lipinski definition) is 6. The van der Waals surface area contributed by atoms with E-state index in [4.69, 9.17) is 25.8 Å². The first kappa shape index (κ1) is 26.4. The van der Waals surface area contributed by atoms with Crippen molar-refractivity contribution in [1.82, 2.24) is 5.43 Å². The number of nitrogens with zero attached hydrogens (tertiary/aromatic N) is 1. The molecule has 0 spiro atoms. The summed E-state index contributed by atoms with van der Waals surface area (Å²) in [7, 11) is 0. The molecule has 0 saturated heterocycles. The molecule has 4 aromatic rings. The number of esters is 1. The van der Waals surface area contributed by atoms with Crippen LogP contribution in [0.2, 0.25) is 5.02 Å². The maximum atomic E-state index is 12.5. The summed E-state index contributed by atoms with van der Waals surface area (Å²) in [5.41, 5.74) is 5.00. The van der Waals surface area contributed by atoms with Crippen molar-refractivity contribution >= 4 is 29.7 Å². The average molecular weight is 529 g/mol. The average Bonchev–Trinajstić information content (AvgIpc) is 2.94. The molecular formula is C30H25ClN2O5. The van der Waals surface area contributed by atoms with Gasteiger partial charge in [0.1, 0.15) is 12.4 Å². The van der Waals surface area contributed by atoms with Crippen molar-refractivity contribution in [2.75, 3.05) is 6.61 Å². The van der Waals surface area contributed by atoms with Crippen LogP contribution in [0.25, 0.3) is 0 Å². The molecule has 0 fully saturated rings. The highest BCUT2D eigenvalue weighted by Crippen LogP contribution is 2.29. The number of hydrazone groups is 1. The zero-order valence-electron chi connectivity index (χ0n) is 20.6. The van der Waals surface area contributed by atoms with E-state index in [1.807, 2.05) is 37.3 Å². The van der Waals surface area contributed by atoms with Crippen LogP contribution in [-0.2, 0) is 6.61 Å². The first-order valence-electron chi connectivity index (χ1n) is 11.9. The van der Waals surface area contributed by atoms with E-state index in [-0.39, 0.29) is 11.7 Å². The molecule has 0 atom stereocenters. The summed E-state index contributed by atoms with van der Waals surface area (Å²) in [5, 5.41) is 4.56. The Morgan fingerprint density at radius 3 is 2.26 bits per heavy atom. The molecule has 0 aliphatic carbocycles. The van der Waals surface area contributed by atoms with Gasteiger partial charge in [-0.05, 0) is 84.8 Å². The monoisotopic (exact) mass is 528 g/mol. The molecule has 7 nitrogen and oxygen atoms in total. The van der Waals surface area contributed by atoms with Gasteiger partial charge >= 0.3 is 5.97 Å². The standard InChI is InChI=1S/C30H25ClN2O5/c1-2-36-28-18-22(8-17-27(28)38-30(35)24-9-13-25(31)14-10-24)19-32-33-29(34)23-11-15-26(16-12-23)37-20-21-6-4-3-5-7-21/h3-19H,2,20H2,1H3,(H,33,34)/b32-19+. The van der Waals surface area contributed by atoms with Crippen LogP contribution in [0.3, 0.4) is 0 Å². The predicted octanol–water partition coefficient (Wildman–Crippen LogP) is 6.30. The van der Waals surface area contributed by atoms with Gasteiger partial charge in [-0.15, -0.1) is 0 Å². The minimum atomic E-state index is -0.534.